The summed E-state index contributed by atoms with van der Waals surface area (Å²) < 4.78 is 16.0. The second-order valence-corrected chi connectivity index (χ2v) is 10.3. The molecule has 3 heterocycles. The number of nitrogens with one attached hydrogen (secondary N) is 1. The van der Waals surface area contributed by atoms with E-state index in [2.05, 4.69) is 22.1 Å². The van der Waals surface area contributed by atoms with Crippen molar-refractivity contribution in [2.75, 3.05) is 5.32 Å². The maximum absolute atomic E-state index is 13.8. The van der Waals surface area contributed by atoms with E-state index >= 15 is 0 Å². The fraction of sp³-hybridized carbons (Fsp3) is 0.250. The zero-order valence-corrected chi connectivity index (χ0v) is 19.9. The first-order valence-electron chi connectivity index (χ1n) is 11.8. The summed E-state index contributed by atoms with van der Waals surface area (Å²) in [7, 11) is 0. The minimum atomic E-state index is -0.333. The topological polar surface area (TPSA) is 37.3 Å². The van der Waals surface area contributed by atoms with Crippen LogP contribution in [0.2, 0.25) is 0 Å². The summed E-state index contributed by atoms with van der Waals surface area (Å²) in [4.78, 5) is 17.2. The van der Waals surface area contributed by atoms with E-state index in [1.807, 2.05) is 53.5 Å². The number of carbonyl (C=O) groups excluding carboxylic acids is 1. The monoisotopic (exact) mass is 471 g/mol. The molecule has 0 saturated carbocycles. The highest BCUT2D eigenvalue weighted by molar-refractivity contribution is 7.15. The first-order chi connectivity index (χ1) is 16.6. The predicted octanol–water partition coefficient (Wildman–Crippen LogP) is 7.00. The second kappa shape index (κ2) is 8.44. The average Bonchev–Trinajstić information content (AvgIpc) is 3.43. The quantitative estimate of drug-likeness (QED) is 0.336. The number of fused-ring (bicyclic) bond motifs is 5. The molecule has 2 aliphatic rings. The molecule has 0 bridgehead atoms. The van der Waals surface area contributed by atoms with Crippen molar-refractivity contribution >= 4 is 23.1 Å². The Hall–Kier alpha value is -3.38. The van der Waals surface area contributed by atoms with Crippen LogP contribution in [0, 0.1) is 12.7 Å². The molecule has 1 aliphatic heterocycles. The van der Waals surface area contributed by atoms with Crippen LogP contribution in [0.25, 0.3) is 5.00 Å². The molecule has 2 aromatic heterocycles. The zero-order chi connectivity index (χ0) is 23.2. The van der Waals surface area contributed by atoms with E-state index in [4.69, 9.17) is 0 Å². The van der Waals surface area contributed by atoms with Crippen LogP contribution < -0.4 is 5.32 Å². The van der Waals surface area contributed by atoms with Crippen molar-refractivity contribution in [3.05, 3.63) is 106 Å². The molecule has 6 heteroatoms. The predicted molar refractivity (Wildman–Crippen MR) is 134 cm³/mol. The highest BCUT2D eigenvalue weighted by Gasteiger charge is 2.36. The van der Waals surface area contributed by atoms with Crippen LogP contribution in [-0.2, 0) is 19.4 Å². The van der Waals surface area contributed by atoms with Gasteiger partial charge in [-0.15, -0.1) is 11.3 Å². The number of benzene rings is 2. The van der Waals surface area contributed by atoms with Crippen LogP contribution in [0.4, 0.5) is 14.9 Å². The van der Waals surface area contributed by atoms with E-state index in [9.17, 15) is 9.18 Å². The number of amides is 2. The Kier molecular flexibility index (Phi) is 5.26. The molecule has 0 spiro atoms. The Morgan fingerprint density at radius 1 is 1.00 bits per heavy atom. The molecule has 34 heavy (non-hydrogen) atoms. The number of halogens is 1. The van der Waals surface area contributed by atoms with E-state index in [0.717, 1.165) is 35.3 Å². The molecule has 0 unspecified atom stereocenters. The van der Waals surface area contributed by atoms with Gasteiger partial charge in [-0.2, -0.15) is 0 Å². The van der Waals surface area contributed by atoms with Crippen molar-refractivity contribution in [1.29, 1.82) is 0 Å². The third-order valence-electron chi connectivity index (χ3n) is 6.93. The van der Waals surface area contributed by atoms with E-state index < -0.39 is 0 Å². The maximum atomic E-state index is 13.8. The number of aryl methyl sites for hydroxylation is 2. The highest BCUT2D eigenvalue weighted by atomic mass is 32.1. The van der Waals surface area contributed by atoms with E-state index in [1.165, 1.54) is 46.0 Å². The lowest BCUT2D eigenvalue weighted by Gasteiger charge is -2.31. The first-order valence-corrected chi connectivity index (χ1v) is 12.6. The van der Waals surface area contributed by atoms with Gasteiger partial charge in [-0.3, -0.25) is 0 Å². The Bertz CT molecular complexity index is 1350. The van der Waals surface area contributed by atoms with Crippen LogP contribution in [0.3, 0.4) is 0 Å². The minimum absolute atomic E-state index is 0.158. The standard InChI is InChI=1S/C28H26FN3OS/c1-18-8-14-21(15-9-18)30-28(33)32-17-23-22-5-2-3-7-25(22)34-27(23)31-16-4-6-24(31)26(32)19-10-12-20(29)13-11-19/h4,6,8-16,26H,2-3,5,7,17H2,1H3,(H,30,33)/t26-/m0/s1. The number of hydrogen-bond donors (Lipinski definition) is 1. The average molecular weight is 472 g/mol. The number of hydrogen-bond acceptors (Lipinski definition) is 2. The normalized spacial score (nSPS) is 16.9. The summed E-state index contributed by atoms with van der Waals surface area (Å²) >= 11 is 1.86. The van der Waals surface area contributed by atoms with Gasteiger partial charge in [0.25, 0.3) is 0 Å². The lowest BCUT2D eigenvalue weighted by atomic mass is 9.95. The summed E-state index contributed by atoms with van der Waals surface area (Å²) in [6.07, 6.45) is 6.67. The van der Waals surface area contributed by atoms with Crippen LogP contribution in [0.1, 0.15) is 51.7 Å². The van der Waals surface area contributed by atoms with Crippen molar-refractivity contribution in [3.63, 3.8) is 0 Å². The smallest absolute Gasteiger partial charge is 0.310 e. The summed E-state index contributed by atoms with van der Waals surface area (Å²) in [5, 5.41) is 4.32. The van der Waals surface area contributed by atoms with Gasteiger partial charge >= 0.3 is 6.03 Å². The molecular weight excluding hydrogens is 445 g/mol. The Balaban J connectivity index is 1.49. The fourth-order valence-electron chi connectivity index (χ4n) is 5.21. The molecule has 1 aliphatic carbocycles. The number of urea groups is 1. The fourth-order valence-corrected chi connectivity index (χ4v) is 6.62. The number of rotatable bonds is 2. The molecule has 1 N–H and O–H groups in total. The molecule has 2 aromatic carbocycles. The van der Waals surface area contributed by atoms with Crippen LogP contribution in [0.15, 0.2) is 66.9 Å². The lowest BCUT2D eigenvalue weighted by molar-refractivity contribution is 0.194. The van der Waals surface area contributed by atoms with Gasteiger partial charge in [0.1, 0.15) is 10.8 Å². The molecule has 1 atom stereocenters. The molecule has 0 radical (unpaired) electrons. The van der Waals surface area contributed by atoms with Crippen LogP contribution in [-0.4, -0.2) is 15.5 Å². The molecule has 0 saturated heterocycles. The summed E-state index contributed by atoms with van der Waals surface area (Å²) in [5.74, 6) is -0.281. The summed E-state index contributed by atoms with van der Waals surface area (Å²) in [5.41, 5.74) is 6.48. The Labute approximate surface area is 202 Å². The molecule has 0 fully saturated rings. The number of carbonyl (C=O) groups is 1. The van der Waals surface area contributed by atoms with E-state index in [0.29, 0.717) is 6.54 Å². The third-order valence-corrected chi connectivity index (χ3v) is 8.26. The van der Waals surface area contributed by atoms with E-state index in [-0.39, 0.29) is 17.9 Å². The lowest BCUT2D eigenvalue weighted by Crippen LogP contribution is -2.38. The molecule has 4 aromatic rings. The van der Waals surface area contributed by atoms with Crippen molar-refractivity contribution in [3.8, 4) is 5.00 Å². The van der Waals surface area contributed by atoms with Gasteiger partial charge < -0.3 is 14.8 Å². The number of nitrogens with zero attached hydrogens (tertiary/aromatic N) is 2. The van der Waals surface area contributed by atoms with Gasteiger partial charge in [-0.05, 0) is 80.1 Å². The number of anilines is 1. The minimum Gasteiger partial charge on any atom is -0.310 e. The van der Waals surface area contributed by atoms with E-state index in [1.54, 1.807) is 12.1 Å². The van der Waals surface area contributed by atoms with Crippen LogP contribution >= 0.6 is 11.3 Å². The Morgan fingerprint density at radius 2 is 1.76 bits per heavy atom. The van der Waals surface area contributed by atoms with Gasteiger partial charge in [-0.1, -0.05) is 29.8 Å². The highest BCUT2D eigenvalue weighted by Crippen LogP contribution is 2.44. The zero-order valence-electron chi connectivity index (χ0n) is 19.1. The molecule has 4 nitrogen and oxygen atoms in total. The number of aromatic nitrogens is 1. The summed E-state index contributed by atoms with van der Waals surface area (Å²) in [6, 6.07) is 18.0. The largest absolute Gasteiger partial charge is 0.322 e. The van der Waals surface area contributed by atoms with Gasteiger partial charge in [0.05, 0.1) is 18.3 Å². The van der Waals surface area contributed by atoms with Gasteiger partial charge in [0.2, 0.25) is 0 Å². The molecule has 2 amide bonds. The molecular formula is C28H26FN3OS. The molecule has 172 valence electrons. The van der Waals surface area contributed by atoms with Gasteiger partial charge in [0, 0.05) is 22.3 Å². The second-order valence-electron chi connectivity index (χ2n) is 9.18. The number of thiophene rings is 1. The third kappa shape index (κ3) is 3.62. The van der Waals surface area contributed by atoms with Crippen LogP contribution in [0.5, 0.6) is 0 Å². The summed E-state index contributed by atoms with van der Waals surface area (Å²) in [6.45, 7) is 2.54. The van der Waals surface area contributed by atoms with Crippen molar-refractivity contribution in [2.24, 2.45) is 0 Å². The maximum Gasteiger partial charge on any atom is 0.322 e. The van der Waals surface area contributed by atoms with Gasteiger partial charge in [-0.25, -0.2) is 9.18 Å². The SMILES string of the molecule is Cc1ccc(NC(=O)N2Cc3c(sc4c3CCCC4)-n3cccc3[C@@H]2c2ccc(F)cc2)cc1. The van der Waals surface area contributed by atoms with Crippen molar-refractivity contribution < 1.29 is 9.18 Å². The van der Waals surface area contributed by atoms with Crippen molar-refractivity contribution in [1.82, 2.24) is 9.47 Å². The Morgan fingerprint density at radius 3 is 2.56 bits per heavy atom. The van der Waals surface area contributed by atoms with Crippen molar-refractivity contribution in [2.45, 2.75) is 45.2 Å². The first kappa shape index (κ1) is 21.2. The molecule has 6 rings (SSSR count). The van der Waals surface area contributed by atoms with Gasteiger partial charge in [0.15, 0.2) is 0 Å².